The highest BCUT2D eigenvalue weighted by Gasteiger charge is 2.42. The molecule has 1 amide bonds. The number of halogens is 1. The fourth-order valence-corrected chi connectivity index (χ4v) is 2.80. The van der Waals surface area contributed by atoms with Gasteiger partial charge in [0.15, 0.2) is 0 Å². The number of hydrogen-bond donors (Lipinski definition) is 0. The smallest absolute Gasteiger partial charge is 0.410 e. The summed E-state index contributed by atoms with van der Waals surface area (Å²) in [6.07, 6.45) is 0.803. The molecule has 23 heavy (non-hydrogen) atoms. The van der Waals surface area contributed by atoms with Crippen LogP contribution in [-0.2, 0) is 16.1 Å². The van der Waals surface area contributed by atoms with E-state index < -0.39 is 11.4 Å². The molecule has 5 nitrogen and oxygen atoms in total. The monoisotopic (exact) mass is 323 g/mol. The molecule has 1 spiro atoms. The second-order valence-corrected chi connectivity index (χ2v) is 7.02. The van der Waals surface area contributed by atoms with E-state index in [1.807, 2.05) is 20.8 Å². The third kappa shape index (κ3) is 3.58. The van der Waals surface area contributed by atoms with Crippen LogP contribution in [0, 0.1) is 5.82 Å². The van der Waals surface area contributed by atoms with Crippen molar-refractivity contribution in [3.63, 3.8) is 0 Å². The Kier molecular flexibility index (Phi) is 3.96. The van der Waals surface area contributed by atoms with E-state index in [-0.39, 0.29) is 11.9 Å². The second kappa shape index (κ2) is 5.67. The molecule has 0 N–H and O–H groups in total. The Morgan fingerprint density at radius 1 is 1.30 bits per heavy atom. The zero-order valence-electron chi connectivity index (χ0n) is 13.7. The first-order chi connectivity index (χ1) is 10.8. The third-order valence-electron chi connectivity index (χ3n) is 3.99. The van der Waals surface area contributed by atoms with Crippen LogP contribution < -0.4 is 4.74 Å². The number of likely N-dealkylation sites (tertiary alicyclic amines) is 1. The molecule has 1 aromatic rings. The minimum atomic E-state index is -0.733. The maximum Gasteiger partial charge on any atom is 0.410 e. The lowest BCUT2D eigenvalue weighted by Crippen LogP contribution is -2.53. The highest BCUT2D eigenvalue weighted by Crippen LogP contribution is 2.37. The molecule has 3 rings (SSSR count). The first-order valence-corrected chi connectivity index (χ1v) is 7.86. The molecule has 0 bridgehead atoms. The van der Waals surface area contributed by atoms with Crippen molar-refractivity contribution in [2.45, 2.75) is 51.6 Å². The van der Waals surface area contributed by atoms with E-state index in [1.165, 1.54) is 12.1 Å². The molecule has 0 atom stereocenters. The van der Waals surface area contributed by atoms with Gasteiger partial charge in [-0.05, 0) is 39.0 Å². The van der Waals surface area contributed by atoms with Crippen LogP contribution in [0.2, 0.25) is 0 Å². The van der Waals surface area contributed by atoms with Crippen LogP contribution in [0.3, 0.4) is 0 Å². The van der Waals surface area contributed by atoms with Gasteiger partial charge in [0.1, 0.15) is 17.2 Å². The lowest BCUT2D eigenvalue weighted by Gasteiger charge is -2.43. The highest BCUT2D eigenvalue weighted by atomic mass is 19.1. The topological polar surface area (TPSA) is 48.0 Å². The summed E-state index contributed by atoms with van der Waals surface area (Å²) in [4.78, 5) is 13.8. The Morgan fingerprint density at radius 2 is 2.00 bits per heavy atom. The van der Waals surface area contributed by atoms with Gasteiger partial charge in [-0.2, -0.15) is 0 Å². The molecule has 2 heterocycles. The van der Waals surface area contributed by atoms with Crippen LogP contribution in [-0.4, -0.2) is 35.5 Å². The first kappa shape index (κ1) is 16.1. The third-order valence-corrected chi connectivity index (χ3v) is 3.99. The fraction of sp³-hybridized carbons (Fsp3) is 0.588. The van der Waals surface area contributed by atoms with Crippen molar-refractivity contribution < 1.29 is 23.4 Å². The molecule has 6 heteroatoms. The van der Waals surface area contributed by atoms with Crippen LogP contribution in [0.5, 0.6) is 5.75 Å². The molecular formula is C17H22FNO4. The van der Waals surface area contributed by atoms with Gasteiger partial charge in [0.05, 0.1) is 6.61 Å². The number of carbonyl (C=O) groups is 1. The number of rotatable bonds is 0. The summed E-state index contributed by atoms with van der Waals surface area (Å²) in [7, 11) is 0. The molecule has 0 unspecified atom stereocenters. The van der Waals surface area contributed by atoms with Gasteiger partial charge >= 0.3 is 6.09 Å². The van der Waals surface area contributed by atoms with E-state index in [0.29, 0.717) is 43.9 Å². The standard InChI is InChI=1S/C17H22FNO4/c1-16(2,3)23-15(20)19-8-6-17(7-9-19)21-11-12-10-13(18)4-5-14(12)22-17/h4-5,10H,6-9,11H2,1-3H3. The molecule has 0 aromatic heterocycles. The fourth-order valence-electron chi connectivity index (χ4n) is 2.80. The number of ether oxygens (including phenoxy) is 3. The van der Waals surface area contributed by atoms with Gasteiger partial charge in [-0.25, -0.2) is 9.18 Å². The Hall–Kier alpha value is -1.82. The number of fused-ring (bicyclic) bond motifs is 1. The van der Waals surface area contributed by atoms with Gasteiger partial charge in [0.2, 0.25) is 5.79 Å². The minimum absolute atomic E-state index is 0.299. The average Bonchev–Trinajstić information content (AvgIpc) is 2.47. The van der Waals surface area contributed by atoms with E-state index in [0.717, 1.165) is 0 Å². The summed E-state index contributed by atoms with van der Waals surface area (Å²) < 4.78 is 30.4. The molecular weight excluding hydrogens is 301 g/mol. The lowest BCUT2D eigenvalue weighted by atomic mass is 10.0. The van der Waals surface area contributed by atoms with Gasteiger partial charge in [0.25, 0.3) is 0 Å². The molecule has 0 saturated carbocycles. The first-order valence-electron chi connectivity index (χ1n) is 7.86. The minimum Gasteiger partial charge on any atom is -0.462 e. The average molecular weight is 323 g/mol. The van der Waals surface area contributed by atoms with E-state index >= 15 is 0 Å². The Labute approximate surface area is 135 Å². The summed E-state index contributed by atoms with van der Waals surface area (Å²) in [6.45, 7) is 6.87. The predicted octanol–water partition coefficient (Wildman–Crippen LogP) is 3.46. The predicted molar refractivity (Wildman–Crippen MR) is 81.6 cm³/mol. The Balaban J connectivity index is 1.63. The van der Waals surface area contributed by atoms with Crippen LogP contribution >= 0.6 is 0 Å². The van der Waals surface area contributed by atoms with E-state index in [2.05, 4.69) is 0 Å². The zero-order chi connectivity index (χ0) is 16.7. The van der Waals surface area contributed by atoms with E-state index in [4.69, 9.17) is 14.2 Å². The summed E-state index contributed by atoms with van der Waals surface area (Å²) in [5, 5.41) is 0. The molecule has 126 valence electrons. The number of nitrogens with zero attached hydrogens (tertiary/aromatic N) is 1. The van der Waals surface area contributed by atoms with Crippen molar-refractivity contribution in [1.82, 2.24) is 4.90 Å². The van der Waals surface area contributed by atoms with Gasteiger partial charge in [0, 0.05) is 31.5 Å². The maximum atomic E-state index is 13.2. The highest BCUT2D eigenvalue weighted by molar-refractivity contribution is 5.68. The number of hydrogen-bond acceptors (Lipinski definition) is 4. The molecule has 0 radical (unpaired) electrons. The van der Waals surface area contributed by atoms with Crippen molar-refractivity contribution >= 4 is 6.09 Å². The van der Waals surface area contributed by atoms with Crippen LogP contribution in [0.4, 0.5) is 9.18 Å². The summed E-state index contributed by atoms with van der Waals surface area (Å²) in [5.41, 5.74) is 0.206. The van der Waals surface area contributed by atoms with Crippen molar-refractivity contribution in [3.8, 4) is 5.75 Å². The quantitative estimate of drug-likeness (QED) is 0.733. The largest absolute Gasteiger partial charge is 0.462 e. The summed E-state index contributed by atoms with van der Waals surface area (Å²) >= 11 is 0. The molecule has 1 aromatic carbocycles. The summed E-state index contributed by atoms with van der Waals surface area (Å²) in [5.74, 6) is -0.376. The molecule has 2 aliphatic rings. The molecule has 2 aliphatic heterocycles. The van der Waals surface area contributed by atoms with Gasteiger partial charge < -0.3 is 19.1 Å². The molecule has 1 fully saturated rings. The number of benzene rings is 1. The normalized spacial score (nSPS) is 19.9. The van der Waals surface area contributed by atoms with Gasteiger partial charge in [-0.15, -0.1) is 0 Å². The Morgan fingerprint density at radius 3 is 2.65 bits per heavy atom. The number of carbonyl (C=O) groups excluding carboxylic acids is 1. The van der Waals surface area contributed by atoms with Crippen LogP contribution in [0.15, 0.2) is 18.2 Å². The number of piperidine rings is 1. The number of amides is 1. The van der Waals surface area contributed by atoms with E-state index in [1.54, 1.807) is 11.0 Å². The van der Waals surface area contributed by atoms with Crippen molar-refractivity contribution in [1.29, 1.82) is 0 Å². The van der Waals surface area contributed by atoms with Crippen molar-refractivity contribution in [3.05, 3.63) is 29.6 Å². The Bertz CT molecular complexity index is 603. The van der Waals surface area contributed by atoms with Crippen molar-refractivity contribution in [2.24, 2.45) is 0 Å². The lowest BCUT2D eigenvalue weighted by molar-refractivity contribution is -0.226. The van der Waals surface area contributed by atoms with Crippen LogP contribution in [0.25, 0.3) is 0 Å². The second-order valence-electron chi connectivity index (χ2n) is 7.02. The van der Waals surface area contributed by atoms with Gasteiger partial charge in [-0.3, -0.25) is 0 Å². The molecule has 1 saturated heterocycles. The van der Waals surface area contributed by atoms with Crippen molar-refractivity contribution in [2.75, 3.05) is 13.1 Å². The zero-order valence-corrected chi connectivity index (χ0v) is 13.7. The SMILES string of the molecule is CC(C)(C)OC(=O)N1CCC2(CC1)OCc1cc(F)ccc1O2. The van der Waals surface area contributed by atoms with E-state index in [9.17, 15) is 9.18 Å². The van der Waals surface area contributed by atoms with Gasteiger partial charge in [-0.1, -0.05) is 0 Å². The van der Waals surface area contributed by atoms with Crippen LogP contribution in [0.1, 0.15) is 39.2 Å². The maximum absolute atomic E-state index is 13.2. The summed E-state index contributed by atoms with van der Waals surface area (Å²) in [6, 6.07) is 4.45. The molecule has 0 aliphatic carbocycles.